The Balaban J connectivity index is 0.849. The predicted octanol–water partition coefficient (Wildman–Crippen LogP) is -7.59. The summed E-state index contributed by atoms with van der Waals surface area (Å²) in [7, 11) is 0. The minimum absolute atomic E-state index is 0.0277. The van der Waals surface area contributed by atoms with Gasteiger partial charge in [0.1, 0.15) is 79.4 Å². The van der Waals surface area contributed by atoms with Gasteiger partial charge in [0.05, 0.1) is 156 Å². The van der Waals surface area contributed by atoms with Gasteiger partial charge in [0.25, 0.3) is 0 Å². The maximum atomic E-state index is 13.7. The first-order chi connectivity index (χ1) is 49.9. The number of hydrogen-bond acceptors (Lipinski definition) is 31. The Bertz CT molecular complexity index is 3250. The van der Waals surface area contributed by atoms with Gasteiger partial charge in [-0.3, -0.25) is 4.79 Å². The molecular formula is C71H105N2O31+. The molecule has 0 radical (unpaired) electrons. The average molecular weight is 1480 g/mol. The lowest BCUT2D eigenvalue weighted by Crippen LogP contribution is -2.73. The number of carbonyl (C=O) groups excluding carboxylic acids is 1. The molecule has 21 N–H and O–H groups in total. The third kappa shape index (κ3) is 15.4. The van der Waals surface area contributed by atoms with Gasteiger partial charge < -0.3 is 155 Å². The van der Waals surface area contributed by atoms with Gasteiger partial charge in [-0.1, -0.05) is 55.1 Å². The third-order valence-electron chi connectivity index (χ3n) is 22.9. The third-order valence-corrected chi connectivity index (χ3v) is 22.9. The molecule has 584 valence electrons. The van der Waals surface area contributed by atoms with Crippen LogP contribution in [0.25, 0.3) is 10.8 Å². The normalized spacial score (nSPS) is 45.0. The molecule has 33 heteroatoms. The van der Waals surface area contributed by atoms with Crippen molar-refractivity contribution in [3.05, 3.63) is 78.9 Å². The molecule has 1 amide bonds. The van der Waals surface area contributed by atoms with Crippen LogP contribution in [0.15, 0.2) is 73.4 Å². The summed E-state index contributed by atoms with van der Waals surface area (Å²) in [5, 5.41) is 237. The number of rotatable bonds is 18. The molecular weight excluding hydrogens is 1380 g/mol. The van der Waals surface area contributed by atoms with Gasteiger partial charge in [0.15, 0.2) is 18.5 Å². The van der Waals surface area contributed by atoms with Crippen LogP contribution in [0.5, 0.6) is 0 Å². The lowest BCUT2D eigenvalue weighted by Gasteiger charge is -2.56. The molecule has 0 aromatic heterocycles. The number of ether oxygens (including phenoxy) is 10. The molecule has 19 aliphatic heterocycles. The zero-order valence-electron chi connectivity index (χ0n) is 57.8. The van der Waals surface area contributed by atoms with Gasteiger partial charge in [-0.05, 0) is 49.9 Å². The molecule has 0 saturated carbocycles. The first-order valence-corrected chi connectivity index (χ1v) is 35.8. The summed E-state index contributed by atoms with van der Waals surface area (Å²) in [6.07, 6.45) is -46.0. The summed E-state index contributed by atoms with van der Waals surface area (Å²) in [5.74, 6) is -8.68. The van der Waals surface area contributed by atoms with E-state index in [0.717, 1.165) is 27.7 Å². The quantitative estimate of drug-likeness (QED) is 0.0374. The zero-order valence-corrected chi connectivity index (χ0v) is 57.8. The molecule has 0 spiro atoms. The molecule has 14 bridgehead atoms. The molecule has 12 unspecified atom stereocenters. The Morgan fingerprint density at radius 2 is 0.971 bits per heavy atom. The van der Waals surface area contributed by atoms with Gasteiger partial charge in [-0.2, -0.15) is 4.58 Å². The number of aliphatic hydroxyl groups is 20. The molecule has 21 rings (SSSR count). The number of fused-ring (bicyclic) bond motifs is 4. The van der Waals surface area contributed by atoms with Crippen molar-refractivity contribution in [2.45, 2.75) is 228 Å². The van der Waals surface area contributed by atoms with Crippen molar-refractivity contribution in [2.24, 2.45) is 29.6 Å². The number of amides is 1. The predicted molar refractivity (Wildman–Crippen MR) is 357 cm³/mol. The van der Waals surface area contributed by atoms with E-state index in [1.807, 2.05) is 42.5 Å². The van der Waals surface area contributed by atoms with Gasteiger partial charge in [0.2, 0.25) is 11.6 Å². The number of aliphatic hydroxyl groups excluding tert-OH is 20. The fourth-order valence-corrected chi connectivity index (χ4v) is 17.7. The summed E-state index contributed by atoms with van der Waals surface area (Å²) in [5.41, 5.74) is 2.60. The largest absolute Gasteiger partial charge is 0.394 e. The van der Waals surface area contributed by atoms with E-state index in [1.165, 1.54) is 0 Å². The van der Waals surface area contributed by atoms with Crippen molar-refractivity contribution in [3.63, 3.8) is 0 Å². The molecule has 2 aromatic carbocycles. The van der Waals surface area contributed by atoms with E-state index < -0.39 is 265 Å². The second-order valence-electron chi connectivity index (χ2n) is 29.2. The van der Waals surface area contributed by atoms with Crippen LogP contribution in [0.1, 0.15) is 45.1 Å². The Hall–Kier alpha value is -4.14. The number of hydrogen-bond donors (Lipinski definition) is 21. The van der Waals surface area contributed by atoms with E-state index in [0.29, 0.717) is 6.54 Å². The topological polar surface area (TPSA) is 529 Å². The highest BCUT2D eigenvalue weighted by Crippen LogP contribution is 2.49. The molecule has 18 fully saturated rings. The van der Waals surface area contributed by atoms with Crippen LogP contribution in [0, 0.1) is 29.6 Å². The first-order valence-electron chi connectivity index (χ1n) is 35.8. The molecule has 19 aliphatic rings. The number of benzene rings is 2. The lowest BCUT2D eigenvalue weighted by atomic mass is 9.69. The number of allylic oxidation sites excluding steroid dienone is 5. The number of nitrogens with one attached hydrogen (secondary N) is 1. The van der Waals surface area contributed by atoms with Crippen molar-refractivity contribution in [1.29, 1.82) is 0 Å². The first kappa shape index (κ1) is 80.9. The minimum atomic E-state index is -2.19. The summed E-state index contributed by atoms with van der Waals surface area (Å²) in [6, 6.07) is 12.2. The summed E-state index contributed by atoms with van der Waals surface area (Å²) in [4.78, 5) is 13.7. The number of carbonyl (C=O) groups is 1. The molecule has 35 atom stereocenters. The maximum Gasteiger partial charge on any atom is 0.226 e. The van der Waals surface area contributed by atoms with Crippen LogP contribution in [0.3, 0.4) is 0 Å². The van der Waals surface area contributed by atoms with Crippen molar-refractivity contribution in [1.82, 2.24) is 5.32 Å². The van der Waals surface area contributed by atoms with E-state index in [-0.39, 0.29) is 51.3 Å². The molecule has 0 aliphatic carbocycles. The highest BCUT2D eigenvalue weighted by molar-refractivity contribution is 6.07. The Kier molecular flexibility index (Phi) is 27.1. The van der Waals surface area contributed by atoms with Gasteiger partial charge in [-0.25, -0.2) is 0 Å². The highest BCUT2D eigenvalue weighted by atomic mass is 16.7. The molecule has 33 nitrogen and oxygen atoms in total. The standard InChI is InChI=1S/C71H104N2O31/c1-4-5-6-7-15-41-71(2,3)48-31-13-9-8-12-30(31)16-17-32(48)73(41)20-18-42(81)72-19-11-22-96-69-61(94)62-39(28-79)103-70(69)104-63-40(29-80)102-68(60(93)59(63)92)47-38(27-78)101-67(58(91)54(47)87)46-37(26-77)100-66(57(90)53(46)86)45-36(25-76)99-65(56(89)52(45)85)44-35(24-75)98-64(55(88)51(44)84)43-34(23-74)97-33(14-10-21-95-62)49(82)50(43)83/h4-9,12-13,15-17,33-40,43-47,49-70,74-80,82-94H,1,10-11,14,18-29H2,2-3H3/p+1/b6-5+,15-7+/t33-,34?,35?,36?,37?,38?,39-,40-,43?,44?,45?,46?,47?,49+,50+,51+,52+,53+,54+,55-,56-,57-,58-,59-,60-,61+,62-,63?,64-,65-,66-,67-,68-,69-,70?/m1/s1. The van der Waals surface area contributed by atoms with Crippen molar-refractivity contribution < 1.29 is 159 Å². The molecule has 18 saturated heterocycles. The van der Waals surface area contributed by atoms with Crippen LogP contribution in [0.4, 0.5) is 5.69 Å². The van der Waals surface area contributed by atoms with Crippen LogP contribution in [-0.2, 0) is 57.6 Å². The van der Waals surface area contributed by atoms with Gasteiger partial charge in [-0.15, -0.1) is 0 Å². The summed E-state index contributed by atoms with van der Waals surface area (Å²) >= 11 is 0. The SMILES string of the molecule is C=C/C=C/C=C/C1=[N+](CCC(=O)NCCCO[C@H]2C3OC4[C@@H](CO)O[C@H](C5C(CO)O[C@H](C6C(CO)O[C@H](C7C(CO)O[C@H](C8C(CO)O[C@H](C9C(CO)O[C@H](CCCO[C@@H]([C@@H]2O)[C@@H](CO)O3)[C@H](O)[C@H]9O)[C@H](O)[C@H]8O)[C@H](O)[C@H]7O)[C@H](O)[C@H]6O)[C@H](O)[C@H]5O)[C@H](O)[C@H]4O)c2ccc3ccccc3c2C1(C)C. The van der Waals surface area contributed by atoms with E-state index >= 15 is 0 Å². The zero-order chi connectivity index (χ0) is 74.9. The summed E-state index contributed by atoms with van der Waals surface area (Å²) < 4.78 is 64.1. The van der Waals surface area contributed by atoms with Gasteiger partial charge >= 0.3 is 0 Å². The molecule has 2 aromatic rings. The lowest BCUT2D eigenvalue weighted by molar-refractivity contribution is -0.436. The van der Waals surface area contributed by atoms with Crippen molar-refractivity contribution >= 4 is 28.1 Å². The summed E-state index contributed by atoms with van der Waals surface area (Å²) in [6.45, 7) is 1.07. The fourth-order valence-electron chi connectivity index (χ4n) is 17.7. The highest BCUT2D eigenvalue weighted by Gasteiger charge is 2.65. The van der Waals surface area contributed by atoms with Crippen LogP contribution < -0.4 is 5.32 Å². The second kappa shape index (κ2) is 34.8. The Morgan fingerprint density at radius 3 is 1.47 bits per heavy atom. The minimum Gasteiger partial charge on any atom is -0.394 e. The van der Waals surface area contributed by atoms with Crippen LogP contribution in [-0.4, -0.2) is 374 Å². The Labute approximate surface area is 599 Å². The van der Waals surface area contributed by atoms with E-state index in [9.17, 15) is 107 Å². The van der Waals surface area contributed by atoms with Crippen LogP contribution >= 0.6 is 0 Å². The van der Waals surface area contributed by atoms with E-state index in [1.54, 1.807) is 6.08 Å². The van der Waals surface area contributed by atoms with Crippen molar-refractivity contribution in [2.75, 3.05) is 72.6 Å². The van der Waals surface area contributed by atoms with Gasteiger partial charge in [0, 0.05) is 67.1 Å². The van der Waals surface area contributed by atoms with E-state index in [4.69, 9.17) is 47.4 Å². The van der Waals surface area contributed by atoms with Crippen LogP contribution in [0.2, 0.25) is 0 Å². The number of nitrogens with zero attached hydrogens (tertiary/aromatic N) is 1. The Morgan fingerprint density at radius 1 is 0.519 bits per heavy atom. The smallest absolute Gasteiger partial charge is 0.226 e. The molecule has 19 heterocycles. The molecule has 104 heavy (non-hydrogen) atoms. The monoisotopic (exact) mass is 1480 g/mol. The fraction of sp³-hybridized carbons (Fsp3) is 0.746. The maximum absolute atomic E-state index is 13.7. The average Bonchev–Trinajstić information content (AvgIpc) is 1.40. The van der Waals surface area contributed by atoms with Crippen molar-refractivity contribution in [3.8, 4) is 0 Å². The van der Waals surface area contributed by atoms with E-state index in [2.05, 4.69) is 48.5 Å². The second-order valence-corrected chi connectivity index (χ2v) is 29.2.